The van der Waals surface area contributed by atoms with Crippen molar-refractivity contribution in [1.82, 2.24) is 34.2 Å². The standard InChI is InChI=1S/C36H36N8O2/c1-3-32(45)41-20-21-43(24(2)22-41)36(46)42-19-17-27(23-42)25-11-13-28(14-12-25)44-34(29-10-7-18-38-33(29)37)40-31-16-15-30(39-35(31)44)26-8-5-4-6-9-26/h3-16,18,24,27H,1,17,19-23H2,2H3,(H2,37,38)/t24-,27?/m0/s1. The van der Waals surface area contributed by atoms with Gasteiger partial charge in [0.25, 0.3) is 0 Å². The van der Waals surface area contributed by atoms with Crippen LogP contribution in [0.15, 0.2) is 97.7 Å². The molecule has 0 saturated carbocycles. The topological polar surface area (TPSA) is 113 Å². The molecule has 3 amide bonds. The highest BCUT2D eigenvalue weighted by atomic mass is 16.2. The van der Waals surface area contributed by atoms with E-state index in [2.05, 4.69) is 35.8 Å². The van der Waals surface area contributed by atoms with E-state index in [1.54, 1.807) is 11.1 Å². The maximum absolute atomic E-state index is 13.5. The van der Waals surface area contributed by atoms with Crippen LogP contribution in [0.2, 0.25) is 0 Å². The number of carbonyl (C=O) groups excluding carboxylic acids is 2. The van der Waals surface area contributed by atoms with Crippen LogP contribution in [0.25, 0.3) is 39.5 Å². The lowest BCUT2D eigenvalue weighted by Crippen LogP contribution is -2.57. The highest BCUT2D eigenvalue weighted by molar-refractivity contribution is 5.87. The molecule has 2 fully saturated rings. The van der Waals surface area contributed by atoms with Gasteiger partial charge in [-0.25, -0.2) is 19.7 Å². The molecule has 2 N–H and O–H groups in total. The van der Waals surface area contributed by atoms with Crippen LogP contribution in [0.3, 0.4) is 0 Å². The number of hydrogen-bond acceptors (Lipinski definition) is 6. The van der Waals surface area contributed by atoms with Gasteiger partial charge in [-0.05, 0) is 61.4 Å². The van der Waals surface area contributed by atoms with Crippen LogP contribution < -0.4 is 5.73 Å². The molecule has 0 bridgehead atoms. The average Bonchev–Trinajstić information content (AvgIpc) is 3.74. The molecule has 2 aliphatic rings. The third-order valence-corrected chi connectivity index (χ3v) is 9.09. The van der Waals surface area contributed by atoms with E-state index in [4.69, 9.17) is 15.7 Å². The van der Waals surface area contributed by atoms with Gasteiger partial charge in [-0.2, -0.15) is 0 Å². The Morgan fingerprint density at radius 1 is 0.891 bits per heavy atom. The normalized spacial score (nSPS) is 18.2. The number of nitrogens with zero attached hydrogens (tertiary/aromatic N) is 7. The summed E-state index contributed by atoms with van der Waals surface area (Å²) in [6.07, 6.45) is 3.90. The zero-order valence-electron chi connectivity index (χ0n) is 25.8. The summed E-state index contributed by atoms with van der Waals surface area (Å²) in [7, 11) is 0. The summed E-state index contributed by atoms with van der Waals surface area (Å²) in [5.41, 5.74) is 12.5. The molecule has 2 atom stereocenters. The molecule has 232 valence electrons. The third-order valence-electron chi connectivity index (χ3n) is 9.09. The molecule has 2 aliphatic heterocycles. The Morgan fingerprint density at radius 2 is 1.70 bits per heavy atom. The number of nitrogen functional groups attached to an aromatic ring is 1. The summed E-state index contributed by atoms with van der Waals surface area (Å²) in [6.45, 7) is 8.52. The van der Waals surface area contributed by atoms with Gasteiger partial charge in [0.1, 0.15) is 11.3 Å². The van der Waals surface area contributed by atoms with Crippen molar-refractivity contribution in [3.63, 3.8) is 0 Å². The number of nitrogens with two attached hydrogens (primary N) is 1. The maximum Gasteiger partial charge on any atom is 0.320 e. The Balaban J connectivity index is 1.15. The second-order valence-electron chi connectivity index (χ2n) is 11.9. The van der Waals surface area contributed by atoms with E-state index in [1.807, 2.05) is 75.9 Å². The molecule has 3 aromatic heterocycles. The SMILES string of the molecule is C=CC(=O)N1CCN(C(=O)N2CCC(c3ccc(-n4c(-c5cccnc5N)nc5ccc(-c6ccccc6)nc54)cc3)C2)[C@@H](C)C1. The van der Waals surface area contributed by atoms with Crippen LogP contribution in [0.5, 0.6) is 0 Å². The molecule has 2 saturated heterocycles. The Bertz CT molecular complexity index is 1920. The zero-order chi connectivity index (χ0) is 31.8. The van der Waals surface area contributed by atoms with Gasteiger partial charge < -0.3 is 20.4 Å². The van der Waals surface area contributed by atoms with Gasteiger partial charge in [-0.15, -0.1) is 0 Å². The van der Waals surface area contributed by atoms with E-state index in [0.29, 0.717) is 44.4 Å². The Labute approximate surface area is 267 Å². The predicted octanol–water partition coefficient (Wildman–Crippen LogP) is 5.36. The van der Waals surface area contributed by atoms with E-state index in [0.717, 1.165) is 40.1 Å². The number of likely N-dealkylation sites (tertiary alicyclic amines) is 1. The van der Waals surface area contributed by atoms with E-state index in [9.17, 15) is 9.59 Å². The number of benzene rings is 2. The molecular formula is C36H36N8O2. The molecule has 5 aromatic rings. The molecule has 46 heavy (non-hydrogen) atoms. The minimum Gasteiger partial charge on any atom is -0.383 e. The van der Waals surface area contributed by atoms with Gasteiger partial charge in [0.2, 0.25) is 5.91 Å². The van der Waals surface area contributed by atoms with E-state index in [1.165, 1.54) is 11.6 Å². The minimum atomic E-state index is -0.0873. The molecule has 0 spiro atoms. The number of piperazine rings is 1. The Kier molecular flexibility index (Phi) is 7.69. The van der Waals surface area contributed by atoms with Crippen LogP contribution in [0.4, 0.5) is 10.6 Å². The summed E-state index contributed by atoms with van der Waals surface area (Å²) < 4.78 is 2.04. The van der Waals surface area contributed by atoms with Gasteiger partial charge >= 0.3 is 6.03 Å². The first-order valence-electron chi connectivity index (χ1n) is 15.6. The van der Waals surface area contributed by atoms with Crippen LogP contribution in [0.1, 0.15) is 24.8 Å². The number of aromatic nitrogens is 4. The second kappa shape index (κ2) is 12.1. The molecule has 0 radical (unpaired) electrons. The van der Waals surface area contributed by atoms with Crippen LogP contribution in [-0.2, 0) is 4.79 Å². The first-order chi connectivity index (χ1) is 22.4. The molecule has 10 heteroatoms. The van der Waals surface area contributed by atoms with Crippen molar-refractivity contribution in [1.29, 1.82) is 0 Å². The smallest absolute Gasteiger partial charge is 0.320 e. The third kappa shape index (κ3) is 5.36. The zero-order valence-corrected chi connectivity index (χ0v) is 25.8. The highest BCUT2D eigenvalue weighted by Crippen LogP contribution is 2.34. The van der Waals surface area contributed by atoms with E-state index < -0.39 is 0 Å². The Morgan fingerprint density at radius 3 is 2.43 bits per heavy atom. The molecular weight excluding hydrogens is 576 g/mol. The minimum absolute atomic E-state index is 0.0428. The lowest BCUT2D eigenvalue weighted by molar-refractivity contribution is -0.128. The first-order valence-corrected chi connectivity index (χ1v) is 15.6. The lowest BCUT2D eigenvalue weighted by Gasteiger charge is -2.41. The van der Waals surface area contributed by atoms with Gasteiger partial charge in [-0.3, -0.25) is 9.36 Å². The summed E-state index contributed by atoms with van der Waals surface area (Å²) in [6, 6.07) is 26.3. The second-order valence-corrected chi connectivity index (χ2v) is 11.9. The van der Waals surface area contributed by atoms with Crippen molar-refractivity contribution >= 4 is 28.9 Å². The number of carbonyl (C=O) groups is 2. The van der Waals surface area contributed by atoms with E-state index >= 15 is 0 Å². The van der Waals surface area contributed by atoms with E-state index in [-0.39, 0.29) is 23.9 Å². The van der Waals surface area contributed by atoms with Crippen molar-refractivity contribution in [3.8, 4) is 28.3 Å². The number of pyridine rings is 2. The average molecular weight is 613 g/mol. The fraction of sp³-hybridized carbons (Fsp3) is 0.250. The van der Waals surface area contributed by atoms with Crippen molar-refractivity contribution in [2.24, 2.45) is 0 Å². The molecule has 2 aromatic carbocycles. The van der Waals surface area contributed by atoms with Crippen LogP contribution in [-0.4, -0.2) is 84.9 Å². The van der Waals surface area contributed by atoms with Gasteiger partial charge in [-0.1, -0.05) is 49.0 Å². The molecule has 0 aliphatic carbocycles. The quantitative estimate of drug-likeness (QED) is 0.268. The van der Waals surface area contributed by atoms with Crippen LogP contribution in [0, 0.1) is 0 Å². The molecule has 1 unspecified atom stereocenters. The number of hydrogen-bond donors (Lipinski definition) is 1. The summed E-state index contributed by atoms with van der Waals surface area (Å²) in [4.78, 5) is 45.5. The molecule has 10 nitrogen and oxygen atoms in total. The van der Waals surface area contributed by atoms with Gasteiger partial charge in [0, 0.05) is 62.1 Å². The predicted molar refractivity (Wildman–Crippen MR) is 179 cm³/mol. The number of amides is 3. The number of imidazole rings is 1. The number of rotatable bonds is 5. The van der Waals surface area contributed by atoms with Crippen molar-refractivity contribution in [2.45, 2.75) is 25.3 Å². The molecule has 5 heterocycles. The van der Waals surface area contributed by atoms with Gasteiger partial charge in [0.15, 0.2) is 11.5 Å². The Hall–Kier alpha value is -5.51. The summed E-state index contributed by atoms with van der Waals surface area (Å²) in [5.74, 6) is 1.22. The number of fused-ring (bicyclic) bond motifs is 1. The fourth-order valence-corrected chi connectivity index (χ4v) is 6.61. The van der Waals surface area contributed by atoms with Crippen molar-refractivity contribution < 1.29 is 9.59 Å². The largest absolute Gasteiger partial charge is 0.383 e. The molecule has 7 rings (SSSR count). The van der Waals surface area contributed by atoms with Crippen LogP contribution >= 0.6 is 0 Å². The fourth-order valence-electron chi connectivity index (χ4n) is 6.61. The number of urea groups is 1. The maximum atomic E-state index is 13.5. The first kappa shape index (κ1) is 29.2. The monoisotopic (exact) mass is 612 g/mol. The van der Waals surface area contributed by atoms with Gasteiger partial charge in [0.05, 0.1) is 11.3 Å². The summed E-state index contributed by atoms with van der Waals surface area (Å²) in [5, 5.41) is 0. The van der Waals surface area contributed by atoms with Crippen molar-refractivity contribution in [2.75, 3.05) is 38.5 Å². The number of anilines is 1. The summed E-state index contributed by atoms with van der Waals surface area (Å²) >= 11 is 0. The lowest BCUT2D eigenvalue weighted by atomic mass is 9.98. The van der Waals surface area contributed by atoms with Crippen molar-refractivity contribution in [3.05, 3.63) is 103 Å². The highest BCUT2D eigenvalue weighted by Gasteiger charge is 2.35.